The molecule has 5 heterocycles. The lowest BCUT2D eigenvalue weighted by molar-refractivity contribution is -0.143. The Balaban J connectivity index is 1.24. The Morgan fingerprint density at radius 3 is 2.23 bits per heavy atom. The number of Topliss-reactive ketones (excluding diaryl/α,β-unsaturated/α-hetero) is 1. The molecule has 6 atom stereocenters. The fraction of sp³-hybridized carbons (Fsp3) is 0.545. The molecule has 11 heteroatoms. The van der Waals surface area contributed by atoms with Crippen LogP contribution in [0.1, 0.15) is 169 Å². The van der Waals surface area contributed by atoms with Crippen molar-refractivity contribution in [3.63, 3.8) is 0 Å². The van der Waals surface area contributed by atoms with E-state index in [1.54, 1.807) is 6.08 Å². The summed E-state index contributed by atoms with van der Waals surface area (Å²) in [6.45, 7) is 23.6. The maximum absolute atomic E-state index is 14.4. The number of aliphatic hydroxyl groups excluding tert-OH is 2. The molecule has 2 aliphatic heterocycles. The number of ketones is 1. The van der Waals surface area contributed by atoms with E-state index in [0.717, 1.165) is 53.5 Å². The van der Waals surface area contributed by atoms with Gasteiger partial charge in [-0.3, -0.25) is 14.4 Å². The van der Waals surface area contributed by atoms with Crippen LogP contribution in [-0.2, 0) is 25.5 Å². The van der Waals surface area contributed by atoms with Crippen LogP contribution >= 0.6 is 0 Å². The summed E-state index contributed by atoms with van der Waals surface area (Å²) in [5.41, 5.74) is 7.83. The number of H-pyrrole nitrogens is 3. The van der Waals surface area contributed by atoms with Gasteiger partial charge in [-0.1, -0.05) is 105 Å². The lowest BCUT2D eigenvalue weighted by Crippen LogP contribution is -2.38. The van der Waals surface area contributed by atoms with Gasteiger partial charge in [0.2, 0.25) is 0 Å². The molecule has 11 nitrogen and oxygen atoms in total. The highest BCUT2D eigenvalue weighted by Gasteiger charge is 2.49. The fourth-order valence-electron chi connectivity index (χ4n) is 10.7. The first kappa shape index (κ1) is 50.0. The highest BCUT2D eigenvalue weighted by atomic mass is 16.5. The van der Waals surface area contributed by atoms with Crippen LogP contribution in [0.4, 0.5) is 0 Å². The first-order chi connectivity index (χ1) is 31.5. The van der Waals surface area contributed by atoms with E-state index < -0.39 is 17.9 Å². The Kier molecular flexibility index (Phi) is 16.6. The molecule has 3 aromatic rings. The van der Waals surface area contributed by atoms with E-state index >= 15 is 0 Å². The van der Waals surface area contributed by atoms with Crippen molar-refractivity contribution in [2.24, 2.45) is 35.5 Å². The zero-order valence-corrected chi connectivity index (χ0v) is 41.3. The molecule has 0 radical (unpaired) electrons. The van der Waals surface area contributed by atoms with Gasteiger partial charge in [0.1, 0.15) is 12.5 Å². The van der Waals surface area contributed by atoms with Crippen LogP contribution in [0.25, 0.3) is 35.8 Å². The van der Waals surface area contributed by atoms with Crippen molar-refractivity contribution in [2.45, 2.75) is 145 Å². The Bertz CT molecular complexity index is 2620. The number of carbonyl (C=O) groups is 3. The number of hydrogen-bond acceptors (Lipinski definition) is 8. The molecular formula is C55H76N4O7. The van der Waals surface area contributed by atoms with Gasteiger partial charge in [0, 0.05) is 51.1 Å². The number of nitrogens with one attached hydrogen (secondary N) is 4. The van der Waals surface area contributed by atoms with E-state index in [1.807, 2.05) is 39.0 Å². The molecule has 6 N–H and O–H groups in total. The molecule has 1 fully saturated rings. The summed E-state index contributed by atoms with van der Waals surface area (Å²) in [5.74, 6) is -0.639. The molecule has 1 unspecified atom stereocenters. The molecule has 3 aliphatic rings. The topological polar surface area (TPSA) is 170 Å². The normalized spacial score (nSPS) is 22.5. The largest absolute Gasteiger partial charge is 0.515 e. The molecule has 1 aliphatic carbocycles. The monoisotopic (exact) mass is 905 g/mol. The molecule has 66 heavy (non-hydrogen) atoms. The second-order valence-corrected chi connectivity index (χ2v) is 19.9. The van der Waals surface area contributed by atoms with Crippen molar-refractivity contribution in [3.05, 3.63) is 90.1 Å². The van der Waals surface area contributed by atoms with Crippen molar-refractivity contribution in [1.29, 1.82) is 0 Å². The summed E-state index contributed by atoms with van der Waals surface area (Å²) < 4.78 is 11.1. The van der Waals surface area contributed by atoms with Gasteiger partial charge in [-0.25, -0.2) is 0 Å². The summed E-state index contributed by atoms with van der Waals surface area (Å²) in [7, 11) is 1.30. The summed E-state index contributed by atoms with van der Waals surface area (Å²) in [6, 6.07) is -0.526. The van der Waals surface area contributed by atoms with Crippen LogP contribution in [0.2, 0.25) is 0 Å². The second kappa shape index (κ2) is 21.9. The molecule has 1 saturated heterocycles. The maximum Gasteiger partial charge on any atom is 0.320 e. The second-order valence-electron chi connectivity index (χ2n) is 19.9. The van der Waals surface area contributed by atoms with Crippen molar-refractivity contribution < 1.29 is 34.1 Å². The summed E-state index contributed by atoms with van der Waals surface area (Å²) >= 11 is 0. The average Bonchev–Trinajstić information content (AvgIpc) is 4.05. The number of carbonyl (C=O) groups excluding carboxylic acids is 3. The van der Waals surface area contributed by atoms with Crippen molar-refractivity contribution in [2.75, 3.05) is 13.7 Å². The number of esters is 2. The average molecular weight is 905 g/mol. The van der Waals surface area contributed by atoms with E-state index in [9.17, 15) is 24.6 Å². The van der Waals surface area contributed by atoms with Gasteiger partial charge >= 0.3 is 11.9 Å². The van der Waals surface area contributed by atoms with Gasteiger partial charge in [0.25, 0.3) is 0 Å². The highest BCUT2D eigenvalue weighted by Crippen LogP contribution is 2.42. The Morgan fingerprint density at radius 1 is 0.909 bits per heavy atom. The fourth-order valence-corrected chi connectivity index (χ4v) is 10.7. The van der Waals surface area contributed by atoms with Crippen LogP contribution in [0.3, 0.4) is 0 Å². The quantitative estimate of drug-likeness (QED) is 0.0372. The molecule has 0 amide bonds. The van der Waals surface area contributed by atoms with E-state index in [2.05, 4.69) is 68.4 Å². The standard InChI is InChI=1S/C55H76N4O7/c1-12-37-34(8)41-27-42-35(9)39(23-24-45(61)66-26-25-33(7)22-16-21-32(6)20-15-19-31(5)18-14-17-30(3)4)49(56-42)47-48(55(64)65-11)53(62)46-36(10)43(58-52(46)47)28-44-38(13-2)40(29-60)51(59-44)54(63)50(37)57-41/h12,25,27-32,35,39,48-49,56-60,63H,1,13-24,26H2,2-11H3/b33-25+,40-29-,42-27+,43-28-,54-51+/t31-,32-,35+,39+,48-,49?/m1/s1. The molecule has 6 rings (SSSR count). The smallest absolute Gasteiger partial charge is 0.320 e. The number of aromatic amines is 3. The van der Waals surface area contributed by atoms with Gasteiger partial charge < -0.3 is 40.0 Å². The zero-order chi connectivity index (χ0) is 48.0. The lowest BCUT2D eigenvalue weighted by atomic mass is 9.80. The van der Waals surface area contributed by atoms with Crippen LogP contribution in [-0.4, -0.2) is 62.6 Å². The Labute approximate surface area is 391 Å². The van der Waals surface area contributed by atoms with E-state index in [-0.39, 0.29) is 42.4 Å². The van der Waals surface area contributed by atoms with E-state index in [4.69, 9.17) is 9.47 Å². The van der Waals surface area contributed by atoms with Crippen molar-refractivity contribution >= 4 is 53.5 Å². The summed E-state index contributed by atoms with van der Waals surface area (Å²) in [4.78, 5) is 51.8. The first-order valence-corrected chi connectivity index (χ1v) is 24.5. The predicted molar refractivity (Wildman–Crippen MR) is 265 cm³/mol. The Hall–Kier alpha value is -5.45. The Morgan fingerprint density at radius 2 is 1.59 bits per heavy atom. The van der Waals surface area contributed by atoms with Crippen LogP contribution < -0.4 is 26.6 Å². The van der Waals surface area contributed by atoms with Gasteiger partial charge in [0.15, 0.2) is 11.5 Å². The number of aliphatic hydroxyl groups is 2. The number of methoxy groups -OCH3 is 1. The number of ether oxygens (including phenoxy) is 2. The SMILES string of the molecule is C=Cc1c2[nH]c(c1C)/C=C1/NC(C3=c4[nH]/c(c(C)c4C(=O)[C@@H]3C(=O)OC)=C\c3[nH]c(/c(=C\O)c3CC)=C\2O)[C@@H](CCC(=O)OC/C=C(\C)CCC[C@H](C)CCC[C@H](C)CCCC(C)C)[C@@H]1C. The third-order valence-corrected chi connectivity index (χ3v) is 14.8. The molecule has 8 bridgehead atoms. The van der Waals surface area contributed by atoms with Crippen LogP contribution in [0.5, 0.6) is 0 Å². The number of hydrogen-bond donors (Lipinski definition) is 6. The minimum Gasteiger partial charge on any atom is -0.515 e. The molecule has 0 aromatic carbocycles. The zero-order valence-electron chi connectivity index (χ0n) is 41.3. The van der Waals surface area contributed by atoms with Gasteiger partial charge in [-0.05, 0) is 111 Å². The van der Waals surface area contributed by atoms with Gasteiger partial charge in [0.05, 0.1) is 35.8 Å². The molecular weight excluding hydrogens is 829 g/mol. The molecule has 0 spiro atoms. The van der Waals surface area contributed by atoms with Crippen molar-refractivity contribution in [3.8, 4) is 0 Å². The van der Waals surface area contributed by atoms with Gasteiger partial charge in [-0.2, -0.15) is 0 Å². The highest BCUT2D eigenvalue weighted by molar-refractivity contribution is 6.19. The van der Waals surface area contributed by atoms with Crippen LogP contribution in [0.15, 0.2) is 23.9 Å². The van der Waals surface area contributed by atoms with Crippen molar-refractivity contribution in [1.82, 2.24) is 20.3 Å². The van der Waals surface area contributed by atoms with E-state index in [1.165, 1.54) is 57.6 Å². The number of rotatable bonds is 20. The molecule has 0 saturated carbocycles. The van der Waals surface area contributed by atoms with Crippen LogP contribution in [0, 0.1) is 49.4 Å². The minimum atomic E-state index is -1.18. The minimum absolute atomic E-state index is 0.0864. The van der Waals surface area contributed by atoms with Gasteiger partial charge in [-0.15, -0.1) is 0 Å². The third kappa shape index (κ3) is 10.6. The molecule has 3 aromatic heterocycles. The number of aromatic nitrogens is 3. The maximum atomic E-state index is 14.4. The predicted octanol–water partition coefficient (Wildman–Crippen LogP) is 8.76. The first-order valence-electron chi connectivity index (χ1n) is 24.5. The summed E-state index contributed by atoms with van der Waals surface area (Å²) in [5, 5.41) is 28.1. The third-order valence-electron chi connectivity index (χ3n) is 14.8. The lowest BCUT2D eigenvalue weighted by Gasteiger charge is -2.25. The number of allylic oxidation sites excluding steroid dienone is 2. The summed E-state index contributed by atoms with van der Waals surface area (Å²) in [6.07, 6.45) is 20.9. The number of fused-ring (bicyclic) bond motifs is 8. The van der Waals surface area contributed by atoms with E-state index in [0.29, 0.717) is 73.7 Å². The molecule has 358 valence electrons.